The number of nitrogens with zero attached hydrogens (tertiary/aromatic N) is 4. The molecule has 0 N–H and O–H groups in total. The Labute approximate surface area is 161 Å². The second kappa shape index (κ2) is 7.95. The molecule has 146 valence electrons. The number of hydrogen-bond donors (Lipinski definition) is 0. The van der Waals surface area contributed by atoms with Crippen LogP contribution in [0.15, 0.2) is 47.0 Å². The van der Waals surface area contributed by atoms with Crippen molar-refractivity contribution in [1.82, 2.24) is 14.7 Å². The van der Waals surface area contributed by atoms with Gasteiger partial charge in [-0.2, -0.15) is 5.10 Å². The van der Waals surface area contributed by atoms with E-state index in [1.807, 2.05) is 14.0 Å². The average Bonchev–Trinajstić information content (AvgIpc) is 3.28. The fourth-order valence-corrected chi connectivity index (χ4v) is 2.60. The molecule has 0 fully saturated rings. The smallest absolute Gasteiger partial charge is 0.289 e. The molecule has 0 aliphatic heterocycles. The minimum atomic E-state index is -0.475. The monoisotopic (exact) mass is 384 g/mol. The van der Waals surface area contributed by atoms with E-state index in [1.165, 1.54) is 24.3 Å². The van der Waals surface area contributed by atoms with Gasteiger partial charge in [0.15, 0.2) is 5.76 Å². The number of benzene rings is 1. The van der Waals surface area contributed by atoms with E-state index in [2.05, 4.69) is 5.10 Å². The molecule has 2 heterocycles. The summed E-state index contributed by atoms with van der Waals surface area (Å²) in [5, 5.41) is 14.8. The molecule has 0 spiro atoms. The lowest BCUT2D eigenvalue weighted by Gasteiger charge is -2.15. The van der Waals surface area contributed by atoms with E-state index < -0.39 is 4.92 Å². The summed E-state index contributed by atoms with van der Waals surface area (Å²) in [6.45, 7) is 2.48. The number of ether oxygens (including phenoxy) is 1. The second-order valence-electron chi connectivity index (χ2n) is 6.35. The molecule has 1 amide bonds. The van der Waals surface area contributed by atoms with E-state index in [-0.39, 0.29) is 24.0 Å². The highest BCUT2D eigenvalue weighted by Crippen LogP contribution is 2.19. The number of rotatable bonds is 7. The van der Waals surface area contributed by atoms with Gasteiger partial charge < -0.3 is 14.1 Å². The van der Waals surface area contributed by atoms with Crippen LogP contribution in [-0.4, -0.2) is 32.6 Å². The predicted molar refractivity (Wildman–Crippen MR) is 99.9 cm³/mol. The first-order valence-corrected chi connectivity index (χ1v) is 8.54. The molecular formula is C19H20N4O5. The number of carbonyl (C=O) groups is 1. The zero-order valence-corrected chi connectivity index (χ0v) is 15.8. The van der Waals surface area contributed by atoms with Gasteiger partial charge in [-0.3, -0.25) is 19.6 Å². The first kappa shape index (κ1) is 19.2. The third kappa shape index (κ3) is 4.20. The standard InChI is InChI=1S/C19H20N4O5/c1-13-14(10-20-22(13)3)11-21(2)19(24)18-9-8-17(28-18)12-27-16-6-4-15(5-7-16)23(25)26/h4-10H,11-12H2,1-3H3. The van der Waals surface area contributed by atoms with Crippen molar-refractivity contribution in [1.29, 1.82) is 0 Å². The van der Waals surface area contributed by atoms with Crippen LogP contribution in [0.25, 0.3) is 0 Å². The van der Waals surface area contributed by atoms with Crippen LogP contribution in [0.3, 0.4) is 0 Å². The summed E-state index contributed by atoms with van der Waals surface area (Å²) in [7, 11) is 3.55. The van der Waals surface area contributed by atoms with E-state index >= 15 is 0 Å². The van der Waals surface area contributed by atoms with Gasteiger partial charge in [0.25, 0.3) is 11.6 Å². The minimum Gasteiger partial charge on any atom is -0.486 e. The molecule has 3 rings (SSSR count). The molecule has 0 saturated carbocycles. The Balaban J connectivity index is 1.58. The fraction of sp³-hybridized carbons (Fsp3) is 0.263. The molecular weight excluding hydrogens is 364 g/mol. The van der Waals surface area contributed by atoms with Crippen LogP contribution in [0, 0.1) is 17.0 Å². The lowest BCUT2D eigenvalue weighted by Crippen LogP contribution is -2.26. The normalized spacial score (nSPS) is 10.7. The molecule has 0 radical (unpaired) electrons. The Bertz CT molecular complexity index is 990. The third-order valence-corrected chi connectivity index (χ3v) is 4.39. The van der Waals surface area contributed by atoms with Gasteiger partial charge in [0.2, 0.25) is 0 Å². The molecule has 9 nitrogen and oxygen atoms in total. The summed E-state index contributed by atoms with van der Waals surface area (Å²) >= 11 is 0. The minimum absolute atomic E-state index is 0.00915. The van der Waals surface area contributed by atoms with Crippen LogP contribution in [0.4, 0.5) is 5.69 Å². The number of aryl methyl sites for hydroxylation is 1. The summed E-state index contributed by atoms with van der Waals surface area (Å²) in [5.74, 6) is 0.919. The van der Waals surface area contributed by atoms with Crippen LogP contribution in [-0.2, 0) is 20.2 Å². The maximum absolute atomic E-state index is 12.6. The maximum atomic E-state index is 12.6. The topological polar surface area (TPSA) is 104 Å². The highest BCUT2D eigenvalue weighted by molar-refractivity contribution is 5.91. The number of amides is 1. The zero-order valence-electron chi connectivity index (χ0n) is 15.8. The summed E-state index contributed by atoms with van der Waals surface area (Å²) in [4.78, 5) is 24.3. The number of carbonyl (C=O) groups excluding carboxylic acids is 1. The third-order valence-electron chi connectivity index (χ3n) is 4.39. The molecule has 0 atom stereocenters. The number of hydrogen-bond acceptors (Lipinski definition) is 6. The number of furan rings is 1. The summed E-state index contributed by atoms with van der Waals surface area (Å²) in [6.07, 6.45) is 1.74. The first-order chi connectivity index (χ1) is 13.3. The summed E-state index contributed by atoms with van der Waals surface area (Å²) in [5.41, 5.74) is 1.95. The highest BCUT2D eigenvalue weighted by atomic mass is 16.6. The van der Waals surface area contributed by atoms with Gasteiger partial charge in [-0.1, -0.05) is 0 Å². The molecule has 1 aromatic carbocycles. The van der Waals surface area contributed by atoms with Gasteiger partial charge >= 0.3 is 0 Å². The van der Waals surface area contributed by atoms with Crippen molar-refractivity contribution >= 4 is 11.6 Å². The fourth-order valence-electron chi connectivity index (χ4n) is 2.60. The SMILES string of the molecule is Cc1c(CN(C)C(=O)c2ccc(COc3ccc([N+](=O)[O-])cc3)o2)cnn1C. The van der Waals surface area contributed by atoms with Crippen molar-refractivity contribution in [2.24, 2.45) is 7.05 Å². The van der Waals surface area contributed by atoms with Gasteiger partial charge in [0, 0.05) is 44.0 Å². The van der Waals surface area contributed by atoms with Crippen molar-refractivity contribution < 1.29 is 18.9 Å². The second-order valence-corrected chi connectivity index (χ2v) is 6.35. The van der Waals surface area contributed by atoms with Gasteiger partial charge in [-0.15, -0.1) is 0 Å². The maximum Gasteiger partial charge on any atom is 0.289 e. The Morgan fingerprint density at radius 2 is 2.00 bits per heavy atom. The number of nitro benzene ring substituents is 1. The largest absolute Gasteiger partial charge is 0.486 e. The van der Waals surface area contributed by atoms with E-state index in [9.17, 15) is 14.9 Å². The van der Waals surface area contributed by atoms with Crippen molar-refractivity contribution in [3.05, 3.63) is 75.5 Å². The molecule has 0 saturated heterocycles. The predicted octanol–water partition coefficient (Wildman–Crippen LogP) is 3.08. The van der Waals surface area contributed by atoms with Crippen molar-refractivity contribution in [3.8, 4) is 5.75 Å². The Morgan fingerprint density at radius 1 is 1.29 bits per heavy atom. The number of nitro groups is 1. The Morgan fingerprint density at radius 3 is 2.61 bits per heavy atom. The first-order valence-electron chi connectivity index (χ1n) is 8.54. The zero-order chi connectivity index (χ0) is 20.3. The quantitative estimate of drug-likeness (QED) is 0.458. The molecule has 3 aromatic rings. The van der Waals surface area contributed by atoms with Gasteiger partial charge in [-0.25, -0.2) is 0 Å². The van der Waals surface area contributed by atoms with Crippen LogP contribution in [0.2, 0.25) is 0 Å². The Hall–Kier alpha value is -3.62. The molecule has 0 bridgehead atoms. The molecule has 0 aliphatic carbocycles. The van der Waals surface area contributed by atoms with Crippen LogP contribution >= 0.6 is 0 Å². The van der Waals surface area contributed by atoms with E-state index in [4.69, 9.17) is 9.15 Å². The number of aromatic nitrogens is 2. The van der Waals surface area contributed by atoms with Gasteiger partial charge in [0.1, 0.15) is 18.1 Å². The lowest BCUT2D eigenvalue weighted by atomic mass is 10.2. The molecule has 0 unspecified atom stereocenters. The molecule has 2 aromatic heterocycles. The Kier molecular flexibility index (Phi) is 5.44. The van der Waals surface area contributed by atoms with Gasteiger partial charge in [-0.05, 0) is 31.2 Å². The van der Waals surface area contributed by atoms with E-state index in [0.29, 0.717) is 18.1 Å². The van der Waals surface area contributed by atoms with E-state index in [0.717, 1.165) is 11.3 Å². The summed E-state index contributed by atoms with van der Waals surface area (Å²) in [6, 6.07) is 9.02. The van der Waals surface area contributed by atoms with Crippen molar-refractivity contribution in [3.63, 3.8) is 0 Å². The lowest BCUT2D eigenvalue weighted by molar-refractivity contribution is -0.384. The van der Waals surface area contributed by atoms with Crippen molar-refractivity contribution in [2.45, 2.75) is 20.1 Å². The highest BCUT2D eigenvalue weighted by Gasteiger charge is 2.18. The van der Waals surface area contributed by atoms with Gasteiger partial charge in [0.05, 0.1) is 11.1 Å². The van der Waals surface area contributed by atoms with Crippen LogP contribution < -0.4 is 4.74 Å². The average molecular weight is 384 g/mol. The van der Waals surface area contributed by atoms with Crippen LogP contribution in [0.1, 0.15) is 27.6 Å². The van der Waals surface area contributed by atoms with Crippen LogP contribution in [0.5, 0.6) is 5.75 Å². The molecule has 9 heteroatoms. The summed E-state index contributed by atoms with van der Waals surface area (Å²) < 4.78 is 12.9. The molecule has 0 aliphatic rings. The van der Waals surface area contributed by atoms with E-state index in [1.54, 1.807) is 35.0 Å². The molecule has 28 heavy (non-hydrogen) atoms. The number of non-ortho nitro benzene ring substituents is 1. The van der Waals surface area contributed by atoms with Crippen molar-refractivity contribution in [2.75, 3.05) is 7.05 Å².